The van der Waals surface area contributed by atoms with Crippen LogP contribution in [0, 0.1) is 25.7 Å². The van der Waals surface area contributed by atoms with Gasteiger partial charge in [0.2, 0.25) is 5.91 Å². The highest BCUT2D eigenvalue weighted by atomic mass is 16.2. The minimum absolute atomic E-state index is 0.0375. The van der Waals surface area contributed by atoms with Crippen molar-refractivity contribution in [2.45, 2.75) is 26.3 Å². The Kier molecular flexibility index (Phi) is 16.3. The standard InChI is InChI=1S/C14H17N3O2.C3H6.C2H4.2C2H2/c18-13(17-5-1-2-6-17)9-15-11-4-3-10-8-16-14(19)12(10)7-11;1-3-2;3*1-2/h3-4,7,15H,1-2,5-6,8-9H2,(H,16,19);3H,1H2,2H3;1-2H2;2*1-2H. The van der Waals surface area contributed by atoms with E-state index in [-0.39, 0.29) is 11.8 Å². The molecule has 2 amide bonds. The van der Waals surface area contributed by atoms with E-state index in [1.807, 2.05) is 30.0 Å². The highest BCUT2D eigenvalue weighted by molar-refractivity contribution is 5.99. The van der Waals surface area contributed by atoms with Crippen molar-refractivity contribution < 1.29 is 9.59 Å². The van der Waals surface area contributed by atoms with Gasteiger partial charge in [-0.3, -0.25) is 9.59 Å². The zero-order chi connectivity index (χ0) is 21.9. The fraction of sp³-hybridized carbons (Fsp3) is 0.304. The molecule has 0 unspecified atom stereocenters. The number of carbonyl (C=O) groups excluding carboxylic acids is 2. The molecule has 0 saturated carbocycles. The van der Waals surface area contributed by atoms with Gasteiger partial charge in [0.05, 0.1) is 6.54 Å². The van der Waals surface area contributed by atoms with Crippen LogP contribution in [0.4, 0.5) is 5.69 Å². The van der Waals surface area contributed by atoms with Crippen LogP contribution in [0.5, 0.6) is 0 Å². The van der Waals surface area contributed by atoms with Crippen molar-refractivity contribution in [1.29, 1.82) is 0 Å². The molecule has 0 radical (unpaired) electrons. The van der Waals surface area contributed by atoms with Crippen LogP contribution in [-0.2, 0) is 11.3 Å². The highest BCUT2D eigenvalue weighted by Gasteiger charge is 2.20. The highest BCUT2D eigenvalue weighted by Crippen LogP contribution is 2.20. The van der Waals surface area contributed by atoms with Crippen LogP contribution in [0.2, 0.25) is 0 Å². The summed E-state index contributed by atoms with van der Waals surface area (Å²) < 4.78 is 0. The maximum absolute atomic E-state index is 11.9. The summed E-state index contributed by atoms with van der Waals surface area (Å²) in [5.74, 6) is 0.0898. The van der Waals surface area contributed by atoms with Crippen LogP contribution in [0.1, 0.15) is 35.7 Å². The third-order valence-electron chi connectivity index (χ3n) is 3.70. The molecule has 2 heterocycles. The van der Waals surface area contributed by atoms with E-state index in [1.54, 1.807) is 6.08 Å². The smallest absolute Gasteiger partial charge is 0.251 e. The van der Waals surface area contributed by atoms with Gasteiger partial charge in [-0.05, 0) is 37.5 Å². The van der Waals surface area contributed by atoms with Crippen LogP contribution in [-0.4, -0.2) is 36.3 Å². The summed E-state index contributed by atoms with van der Waals surface area (Å²) in [6.07, 6.45) is 20.0. The molecule has 3 rings (SSSR count). The Balaban J connectivity index is 0. The van der Waals surface area contributed by atoms with Crippen LogP contribution in [0.3, 0.4) is 0 Å². The zero-order valence-electron chi connectivity index (χ0n) is 16.7. The SMILES string of the molecule is C#C.C#C.C=C.C=CC.O=C1NCc2ccc(NCC(=O)N3CCCC3)cc21. The first-order valence-corrected chi connectivity index (χ1v) is 8.82. The zero-order valence-corrected chi connectivity index (χ0v) is 16.7. The maximum Gasteiger partial charge on any atom is 0.251 e. The second-order valence-electron chi connectivity index (χ2n) is 5.40. The summed E-state index contributed by atoms with van der Waals surface area (Å²) >= 11 is 0. The van der Waals surface area contributed by atoms with Gasteiger partial charge in [0.1, 0.15) is 0 Å². The number of benzene rings is 1. The number of nitrogens with one attached hydrogen (secondary N) is 2. The number of carbonyl (C=O) groups is 2. The van der Waals surface area contributed by atoms with Gasteiger partial charge in [-0.2, -0.15) is 0 Å². The Morgan fingerprint density at radius 2 is 1.75 bits per heavy atom. The predicted octanol–water partition coefficient (Wildman–Crippen LogP) is 3.46. The van der Waals surface area contributed by atoms with Gasteiger partial charge >= 0.3 is 0 Å². The number of anilines is 1. The normalized spacial score (nSPS) is 12.5. The van der Waals surface area contributed by atoms with E-state index >= 15 is 0 Å². The molecule has 2 N–H and O–H groups in total. The second kappa shape index (κ2) is 17.0. The van der Waals surface area contributed by atoms with Gasteiger partial charge in [0.15, 0.2) is 0 Å². The Hall–Kier alpha value is -3.44. The Morgan fingerprint density at radius 3 is 2.29 bits per heavy atom. The number of terminal acetylenes is 2. The van der Waals surface area contributed by atoms with Crippen molar-refractivity contribution in [3.05, 3.63) is 55.1 Å². The molecule has 2 aliphatic heterocycles. The third kappa shape index (κ3) is 8.78. The number of fused-ring (bicyclic) bond motifs is 1. The summed E-state index contributed by atoms with van der Waals surface area (Å²) in [6.45, 7) is 13.9. The molecule has 1 saturated heterocycles. The van der Waals surface area contributed by atoms with Crippen LogP contribution >= 0.6 is 0 Å². The van der Waals surface area contributed by atoms with E-state index in [2.05, 4.69) is 56.1 Å². The monoisotopic (exact) mass is 381 g/mol. The Labute approximate surface area is 169 Å². The average Bonchev–Trinajstić information content (AvgIpc) is 3.42. The molecule has 0 aliphatic carbocycles. The average molecular weight is 382 g/mol. The van der Waals surface area contributed by atoms with Crippen molar-refractivity contribution in [3.63, 3.8) is 0 Å². The number of hydrogen-bond acceptors (Lipinski definition) is 3. The molecule has 0 aromatic heterocycles. The lowest BCUT2D eigenvalue weighted by molar-refractivity contribution is -0.128. The topological polar surface area (TPSA) is 61.4 Å². The number of hydrogen-bond donors (Lipinski definition) is 2. The Bertz CT molecular complexity index is 650. The number of nitrogens with zero attached hydrogens (tertiary/aromatic N) is 1. The molecule has 5 heteroatoms. The molecule has 1 aromatic rings. The molecular weight excluding hydrogens is 350 g/mol. The van der Waals surface area contributed by atoms with Crippen molar-refractivity contribution >= 4 is 17.5 Å². The van der Waals surface area contributed by atoms with E-state index in [4.69, 9.17) is 0 Å². The van der Waals surface area contributed by atoms with Crippen molar-refractivity contribution in [2.24, 2.45) is 0 Å². The Morgan fingerprint density at radius 1 is 1.21 bits per heavy atom. The summed E-state index contributed by atoms with van der Waals surface area (Å²) in [6, 6.07) is 5.65. The van der Waals surface area contributed by atoms with Gasteiger partial charge in [-0.15, -0.1) is 45.4 Å². The molecule has 2 aliphatic rings. The van der Waals surface area contributed by atoms with Crippen LogP contribution in [0.25, 0.3) is 0 Å². The van der Waals surface area contributed by atoms with E-state index in [9.17, 15) is 9.59 Å². The van der Waals surface area contributed by atoms with Crippen LogP contribution in [0.15, 0.2) is 44.0 Å². The molecular formula is C23H31N3O2. The summed E-state index contributed by atoms with van der Waals surface area (Å²) in [4.78, 5) is 25.3. The quantitative estimate of drug-likeness (QED) is 0.623. The van der Waals surface area contributed by atoms with Crippen LogP contribution < -0.4 is 10.6 Å². The molecule has 1 fully saturated rings. The van der Waals surface area contributed by atoms with Gasteiger partial charge in [0, 0.05) is 30.9 Å². The molecule has 0 bridgehead atoms. The third-order valence-corrected chi connectivity index (χ3v) is 3.70. The molecule has 0 spiro atoms. The summed E-state index contributed by atoms with van der Waals surface area (Å²) in [7, 11) is 0. The lowest BCUT2D eigenvalue weighted by Gasteiger charge is -2.16. The van der Waals surface area contributed by atoms with E-state index < -0.39 is 0 Å². The summed E-state index contributed by atoms with van der Waals surface area (Å²) in [5.41, 5.74) is 2.54. The predicted molar refractivity (Wildman–Crippen MR) is 119 cm³/mol. The van der Waals surface area contributed by atoms with E-state index in [0.29, 0.717) is 18.7 Å². The lowest BCUT2D eigenvalue weighted by atomic mass is 10.1. The fourth-order valence-electron chi connectivity index (χ4n) is 2.58. The summed E-state index contributed by atoms with van der Waals surface area (Å²) in [5, 5.41) is 5.88. The lowest BCUT2D eigenvalue weighted by Crippen LogP contribution is -2.32. The number of likely N-dealkylation sites (tertiary alicyclic amines) is 1. The van der Waals surface area contributed by atoms with Gasteiger partial charge < -0.3 is 15.5 Å². The maximum atomic E-state index is 11.9. The largest absolute Gasteiger partial charge is 0.376 e. The minimum Gasteiger partial charge on any atom is -0.376 e. The van der Waals surface area contributed by atoms with Gasteiger partial charge in [-0.1, -0.05) is 12.1 Å². The van der Waals surface area contributed by atoms with E-state index in [0.717, 1.165) is 37.2 Å². The van der Waals surface area contributed by atoms with Crippen molar-refractivity contribution in [2.75, 3.05) is 25.0 Å². The molecule has 150 valence electrons. The first-order chi connectivity index (χ1) is 13.7. The molecule has 0 atom stereocenters. The minimum atomic E-state index is -0.0375. The molecule has 5 nitrogen and oxygen atoms in total. The van der Waals surface area contributed by atoms with Crippen molar-refractivity contribution in [3.8, 4) is 25.7 Å². The molecule has 1 aromatic carbocycles. The van der Waals surface area contributed by atoms with Crippen molar-refractivity contribution in [1.82, 2.24) is 10.2 Å². The fourth-order valence-corrected chi connectivity index (χ4v) is 2.58. The van der Waals surface area contributed by atoms with E-state index in [1.165, 1.54) is 0 Å². The first-order valence-electron chi connectivity index (χ1n) is 8.82. The van der Waals surface area contributed by atoms with Gasteiger partial charge in [-0.25, -0.2) is 0 Å². The first kappa shape index (κ1) is 26.8. The molecule has 28 heavy (non-hydrogen) atoms. The van der Waals surface area contributed by atoms with Gasteiger partial charge in [0.25, 0.3) is 5.91 Å². The number of allylic oxidation sites excluding steroid dienone is 1. The number of rotatable bonds is 3. The second-order valence-corrected chi connectivity index (χ2v) is 5.40. The number of amides is 2.